The van der Waals surface area contributed by atoms with E-state index in [9.17, 15) is 8.42 Å². The Morgan fingerprint density at radius 3 is 2.43 bits per heavy atom. The molecule has 0 saturated heterocycles. The van der Waals surface area contributed by atoms with Crippen LogP contribution in [0.15, 0.2) is 17.3 Å². The highest BCUT2D eigenvalue weighted by Gasteiger charge is 2.37. The van der Waals surface area contributed by atoms with Crippen LogP contribution in [0.3, 0.4) is 0 Å². The van der Waals surface area contributed by atoms with Gasteiger partial charge < -0.3 is 5.32 Å². The highest BCUT2D eigenvalue weighted by atomic mass is 32.2. The average molecular weight is 312 g/mol. The Balaban J connectivity index is 2.13. The van der Waals surface area contributed by atoms with Crippen LogP contribution in [0.25, 0.3) is 0 Å². The molecule has 0 amide bonds. The third-order valence-electron chi connectivity index (χ3n) is 3.45. The fourth-order valence-corrected chi connectivity index (χ4v) is 3.70. The van der Waals surface area contributed by atoms with E-state index in [-0.39, 0.29) is 10.9 Å². The van der Waals surface area contributed by atoms with Crippen molar-refractivity contribution >= 4 is 16.0 Å². The van der Waals surface area contributed by atoms with Crippen molar-refractivity contribution in [3.8, 4) is 0 Å². The van der Waals surface area contributed by atoms with Crippen molar-refractivity contribution in [2.45, 2.75) is 56.9 Å². The number of aromatic nitrogens is 2. The monoisotopic (exact) mass is 312 g/mol. The first-order valence-electron chi connectivity index (χ1n) is 7.67. The van der Waals surface area contributed by atoms with Crippen molar-refractivity contribution in [1.29, 1.82) is 0 Å². The average Bonchev–Trinajstić information content (AvgIpc) is 3.30. The lowest BCUT2D eigenvalue weighted by Crippen LogP contribution is -2.34. The predicted octanol–water partition coefficient (Wildman–Crippen LogP) is 2.25. The van der Waals surface area contributed by atoms with Crippen LogP contribution in [-0.4, -0.2) is 41.8 Å². The topological polar surface area (TPSA) is 75.2 Å². The molecule has 1 N–H and O–H groups in total. The Hall–Kier alpha value is -1.21. The molecular weight excluding hydrogens is 288 g/mol. The van der Waals surface area contributed by atoms with Gasteiger partial charge in [-0.25, -0.2) is 18.4 Å². The summed E-state index contributed by atoms with van der Waals surface area (Å²) < 4.78 is 27.0. The summed E-state index contributed by atoms with van der Waals surface area (Å²) in [4.78, 5) is 8.38. The van der Waals surface area contributed by atoms with Crippen LogP contribution in [-0.2, 0) is 10.0 Å². The van der Waals surface area contributed by atoms with Crippen molar-refractivity contribution in [1.82, 2.24) is 14.3 Å². The maximum absolute atomic E-state index is 12.7. The lowest BCUT2D eigenvalue weighted by atomic mass is 10.3. The van der Waals surface area contributed by atoms with E-state index in [1.54, 1.807) is 4.31 Å². The molecule has 1 saturated carbocycles. The molecule has 1 aromatic heterocycles. The summed E-state index contributed by atoms with van der Waals surface area (Å²) in [6.45, 7) is 5.47. The van der Waals surface area contributed by atoms with E-state index in [4.69, 9.17) is 0 Å². The number of nitrogens with zero attached hydrogens (tertiary/aromatic N) is 3. The first-order chi connectivity index (χ1) is 10.1. The molecule has 1 heterocycles. The Morgan fingerprint density at radius 2 is 1.90 bits per heavy atom. The van der Waals surface area contributed by atoms with Gasteiger partial charge >= 0.3 is 0 Å². The second-order valence-electron chi connectivity index (χ2n) is 5.37. The van der Waals surface area contributed by atoms with E-state index in [2.05, 4.69) is 22.2 Å². The SMILES string of the molecule is CCCCN(C1CC1)S(=O)(=O)c1cnc(NCCC)nc1. The van der Waals surface area contributed by atoms with Crippen LogP contribution in [0.4, 0.5) is 5.95 Å². The molecule has 21 heavy (non-hydrogen) atoms. The molecule has 0 unspecified atom stereocenters. The van der Waals surface area contributed by atoms with Gasteiger partial charge in [-0.05, 0) is 25.7 Å². The molecule has 0 bridgehead atoms. The Morgan fingerprint density at radius 1 is 1.24 bits per heavy atom. The summed E-state index contributed by atoms with van der Waals surface area (Å²) in [5, 5.41) is 3.04. The van der Waals surface area contributed by atoms with Crippen LogP contribution in [0, 0.1) is 0 Å². The molecule has 6 nitrogen and oxygen atoms in total. The van der Waals surface area contributed by atoms with Crippen LogP contribution < -0.4 is 5.32 Å². The van der Waals surface area contributed by atoms with Crippen LogP contribution in [0.1, 0.15) is 46.0 Å². The van der Waals surface area contributed by atoms with Gasteiger partial charge in [0.15, 0.2) is 0 Å². The summed E-state index contributed by atoms with van der Waals surface area (Å²) in [5.41, 5.74) is 0. The first kappa shape index (κ1) is 16.2. The number of sulfonamides is 1. The van der Waals surface area contributed by atoms with Crippen molar-refractivity contribution in [3.05, 3.63) is 12.4 Å². The van der Waals surface area contributed by atoms with Crippen LogP contribution in [0.2, 0.25) is 0 Å². The lowest BCUT2D eigenvalue weighted by Gasteiger charge is -2.21. The maximum atomic E-state index is 12.7. The minimum atomic E-state index is -3.47. The molecule has 1 aliphatic rings. The standard InChI is InChI=1S/C14H24N4O2S/c1-3-5-9-18(12-6-7-12)21(19,20)13-10-16-14(17-11-13)15-8-4-2/h10-12H,3-9H2,1-2H3,(H,15,16,17). The third-order valence-corrected chi connectivity index (χ3v) is 5.36. The zero-order chi connectivity index (χ0) is 15.3. The van der Waals surface area contributed by atoms with Gasteiger partial charge in [0.2, 0.25) is 16.0 Å². The molecule has 0 radical (unpaired) electrons. The van der Waals surface area contributed by atoms with Gasteiger partial charge in [-0.1, -0.05) is 20.3 Å². The van der Waals surface area contributed by atoms with E-state index < -0.39 is 10.0 Å². The van der Waals surface area contributed by atoms with Crippen molar-refractivity contribution < 1.29 is 8.42 Å². The van der Waals surface area contributed by atoms with E-state index in [1.165, 1.54) is 12.4 Å². The molecule has 0 spiro atoms. The van der Waals surface area contributed by atoms with Crippen molar-refractivity contribution in [3.63, 3.8) is 0 Å². The van der Waals surface area contributed by atoms with Gasteiger partial charge in [-0.2, -0.15) is 4.31 Å². The van der Waals surface area contributed by atoms with Gasteiger partial charge in [0, 0.05) is 19.1 Å². The summed E-state index contributed by atoms with van der Waals surface area (Å²) in [6.07, 6.45) is 7.56. The maximum Gasteiger partial charge on any atom is 0.246 e. The summed E-state index contributed by atoms with van der Waals surface area (Å²) in [7, 11) is -3.47. The number of hydrogen-bond donors (Lipinski definition) is 1. The van der Waals surface area contributed by atoms with Gasteiger partial charge in [-0.15, -0.1) is 0 Å². The molecular formula is C14H24N4O2S. The largest absolute Gasteiger partial charge is 0.354 e. The van der Waals surface area contributed by atoms with E-state index in [0.29, 0.717) is 12.5 Å². The number of unbranched alkanes of at least 4 members (excludes halogenated alkanes) is 1. The molecule has 2 rings (SSSR count). The van der Waals surface area contributed by atoms with E-state index in [1.807, 2.05) is 6.92 Å². The molecule has 0 aliphatic heterocycles. The summed E-state index contributed by atoms with van der Waals surface area (Å²) in [5.74, 6) is 0.474. The summed E-state index contributed by atoms with van der Waals surface area (Å²) in [6, 6.07) is 0.166. The first-order valence-corrected chi connectivity index (χ1v) is 9.11. The van der Waals surface area contributed by atoms with Gasteiger partial charge in [0.05, 0.1) is 12.4 Å². The Kier molecular flexibility index (Phi) is 5.52. The van der Waals surface area contributed by atoms with Crippen LogP contribution >= 0.6 is 0 Å². The highest BCUT2D eigenvalue weighted by Crippen LogP contribution is 2.32. The van der Waals surface area contributed by atoms with E-state index >= 15 is 0 Å². The van der Waals surface area contributed by atoms with Gasteiger partial charge in [-0.3, -0.25) is 0 Å². The molecule has 7 heteroatoms. The summed E-state index contributed by atoms with van der Waals surface area (Å²) >= 11 is 0. The zero-order valence-electron chi connectivity index (χ0n) is 12.7. The molecule has 1 aliphatic carbocycles. The highest BCUT2D eigenvalue weighted by molar-refractivity contribution is 7.89. The number of rotatable bonds is 9. The molecule has 0 aromatic carbocycles. The minimum absolute atomic E-state index is 0.166. The number of hydrogen-bond acceptors (Lipinski definition) is 5. The lowest BCUT2D eigenvalue weighted by molar-refractivity contribution is 0.395. The molecule has 1 fully saturated rings. The van der Waals surface area contributed by atoms with Gasteiger partial charge in [0.25, 0.3) is 0 Å². The quantitative estimate of drug-likeness (QED) is 0.757. The zero-order valence-corrected chi connectivity index (χ0v) is 13.6. The molecule has 118 valence electrons. The van der Waals surface area contributed by atoms with E-state index in [0.717, 1.165) is 38.6 Å². The number of nitrogens with one attached hydrogen (secondary N) is 1. The van der Waals surface area contributed by atoms with Crippen LogP contribution in [0.5, 0.6) is 0 Å². The van der Waals surface area contributed by atoms with Gasteiger partial charge in [0.1, 0.15) is 4.90 Å². The molecule has 1 aromatic rings. The van der Waals surface area contributed by atoms with Crippen molar-refractivity contribution in [2.75, 3.05) is 18.4 Å². The fraction of sp³-hybridized carbons (Fsp3) is 0.714. The second-order valence-corrected chi connectivity index (χ2v) is 7.26. The predicted molar refractivity (Wildman–Crippen MR) is 82.6 cm³/mol. The minimum Gasteiger partial charge on any atom is -0.354 e. The Labute approximate surface area is 127 Å². The smallest absolute Gasteiger partial charge is 0.246 e. The van der Waals surface area contributed by atoms with Crippen molar-refractivity contribution in [2.24, 2.45) is 0 Å². The normalized spacial score (nSPS) is 15.4. The third kappa shape index (κ3) is 4.14. The fourth-order valence-electron chi connectivity index (χ4n) is 2.09. The second kappa shape index (κ2) is 7.17. The molecule has 0 atom stereocenters. The number of anilines is 1. The Bertz CT molecular complexity index is 541.